The topological polar surface area (TPSA) is 49.4 Å². The fourth-order valence-corrected chi connectivity index (χ4v) is 3.50. The average molecular weight is 337 g/mol. The maximum absolute atomic E-state index is 11.6. The number of carbonyl (C=O) groups is 2. The molecule has 0 aromatic heterocycles. The zero-order valence-electron chi connectivity index (χ0n) is 11.2. The first-order valence-electron chi connectivity index (χ1n) is 6.90. The van der Waals surface area contributed by atoms with E-state index in [9.17, 15) is 9.59 Å². The lowest BCUT2D eigenvalue weighted by Gasteiger charge is -2.43. The fourth-order valence-electron chi connectivity index (χ4n) is 3.23. The molecule has 1 aromatic carbocycles. The molecule has 0 atom stereocenters. The van der Waals surface area contributed by atoms with Crippen LogP contribution in [0.5, 0.6) is 0 Å². The zero-order valence-corrected chi connectivity index (χ0v) is 12.8. The van der Waals surface area contributed by atoms with E-state index < -0.39 is 0 Å². The zero-order chi connectivity index (χ0) is 14.2. The molecule has 3 rings (SSSR count). The molecule has 2 fully saturated rings. The normalized spacial score (nSPS) is 21.9. The first-order valence-corrected chi connectivity index (χ1v) is 7.69. The molecule has 20 heavy (non-hydrogen) atoms. The summed E-state index contributed by atoms with van der Waals surface area (Å²) in [6.45, 7) is 1.81. The van der Waals surface area contributed by atoms with Gasteiger partial charge in [0.25, 0.3) is 0 Å². The predicted octanol–water partition coefficient (Wildman–Crippen LogP) is 2.47. The number of nitrogens with one attached hydrogen (secondary N) is 1. The van der Waals surface area contributed by atoms with Gasteiger partial charge in [0.2, 0.25) is 11.8 Å². The van der Waals surface area contributed by atoms with E-state index in [1.807, 2.05) is 12.1 Å². The number of hydrogen-bond acceptors (Lipinski definition) is 3. The summed E-state index contributed by atoms with van der Waals surface area (Å²) in [5.74, 6) is -0.225. The highest BCUT2D eigenvalue weighted by Crippen LogP contribution is 2.41. The molecule has 0 saturated carbocycles. The molecule has 2 amide bonds. The van der Waals surface area contributed by atoms with Gasteiger partial charge in [0.15, 0.2) is 0 Å². The van der Waals surface area contributed by atoms with Crippen LogP contribution in [0.2, 0.25) is 0 Å². The van der Waals surface area contributed by atoms with Gasteiger partial charge in [-0.25, -0.2) is 0 Å². The molecule has 1 aromatic rings. The Kier molecular flexibility index (Phi) is 3.54. The summed E-state index contributed by atoms with van der Waals surface area (Å²) in [7, 11) is 0. The van der Waals surface area contributed by atoms with E-state index in [4.69, 9.17) is 0 Å². The third kappa shape index (κ3) is 2.73. The van der Waals surface area contributed by atoms with Crippen molar-refractivity contribution >= 4 is 33.4 Å². The van der Waals surface area contributed by atoms with Gasteiger partial charge in [-0.1, -0.05) is 15.9 Å². The summed E-state index contributed by atoms with van der Waals surface area (Å²) in [6.07, 6.45) is 2.80. The van der Waals surface area contributed by atoms with Crippen LogP contribution in [-0.4, -0.2) is 24.9 Å². The molecule has 2 aliphatic rings. The molecule has 1 N–H and O–H groups in total. The highest BCUT2D eigenvalue weighted by Gasteiger charge is 2.41. The van der Waals surface area contributed by atoms with E-state index in [2.05, 4.69) is 38.3 Å². The first-order chi connectivity index (χ1) is 9.56. The third-order valence-electron chi connectivity index (χ3n) is 4.37. The summed E-state index contributed by atoms with van der Waals surface area (Å²) in [6, 6.07) is 8.27. The van der Waals surface area contributed by atoms with E-state index in [0.29, 0.717) is 12.8 Å². The molecule has 2 aliphatic heterocycles. The number of rotatable bonds is 1. The minimum Gasteiger partial charge on any atom is -0.371 e. The molecule has 5 heteroatoms. The minimum absolute atomic E-state index is 0.106. The van der Waals surface area contributed by atoms with Crippen molar-refractivity contribution in [3.8, 4) is 0 Å². The van der Waals surface area contributed by atoms with Crippen molar-refractivity contribution in [1.29, 1.82) is 0 Å². The smallest absolute Gasteiger partial charge is 0.227 e. The summed E-state index contributed by atoms with van der Waals surface area (Å²) in [5.41, 5.74) is 1.10. The monoisotopic (exact) mass is 336 g/mol. The van der Waals surface area contributed by atoms with Gasteiger partial charge in [-0.15, -0.1) is 0 Å². The second kappa shape index (κ2) is 5.20. The van der Waals surface area contributed by atoms with Gasteiger partial charge in [0.05, 0.1) is 0 Å². The minimum atomic E-state index is -0.113. The fraction of sp³-hybridized carbons (Fsp3) is 0.467. The first kappa shape index (κ1) is 13.6. The van der Waals surface area contributed by atoms with Crippen molar-refractivity contribution < 1.29 is 9.59 Å². The van der Waals surface area contributed by atoms with Gasteiger partial charge in [-0.3, -0.25) is 14.9 Å². The van der Waals surface area contributed by atoms with Crippen molar-refractivity contribution in [1.82, 2.24) is 5.32 Å². The van der Waals surface area contributed by atoms with Gasteiger partial charge in [0.1, 0.15) is 0 Å². The van der Waals surface area contributed by atoms with E-state index in [0.717, 1.165) is 30.4 Å². The average Bonchev–Trinajstić information content (AvgIpc) is 2.39. The number of hydrogen-bond donors (Lipinski definition) is 1. The Morgan fingerprint density at radius 2 is 1.55 bits per heavy atom. The Hall–Kier alpha value is -1.36. The van der Waals surface area contributed by atoms with Gasteiger partial charge >= 0.3 is 0 Å². The highest BCUT2D eigenvalue weighted by molar-refractivity contribution is 9.10. The molecule has 2 heterocycles. The van der Waals surface area contributed by atoms with E-state index in [1.54, 1.807) is 0 Å². The number of halogens is 1. The lowest BCUT2D eigenvalue weighted by Crippen LogP contribution is -2.50. The second-order valence-corrected chi connectivity index (χ2v) is 6.70. The van der Waals surface area contributed by atoms with Crippen molar-refractivity contribution in [3.63, 3.8) is 0 Å². The Labute approximate surface area is 126 Å². The quantitative estimate of drug-likeness (QED) is 0.801. The number of amides is 2. The third-order valence-corrected chi connectivity index (χ3v) is 4.89. The summed E-state index contributed by atoms with van der Waals surface area (Å²) in [4.78, 5) is 25.5. The Balaban J connectivity index is 1.68. The van der Waals surface area contributed by atoms with Crippen LogP contribution in [0.25, 0.3) is 0 Å². The summed E-state index contributed by atoms with van der Waals surface area (Å²) < 4.78 is 1.07. The van der Waals surface area contributed by atoms with Crippen LogP contribution < -0.4 is 10.2 Å². The van der Waals surface area contributed by atoms with E-state index in [-0.39, 0.29) is 17.2 Å². The highest BCUT2D eigenvalue weighted by atomic mass is 79.9. The van der Waals surface area contributed by atoms with Gasteiger partial charge < -0.3 is 4.90 Å². The summed E-state index contributed by atoms with van der Waals surface area (Å²) in [5, 5.41) is 2.40. The van der Waals surface area contributed by atoms with Gasteiger partial charge in [0, 0.05) is 36.1 Å². The number of benzene rings is 1. The van der Waals surface area contributed by atoms with Crippen LogP contribution in [0, 0.1) is 5.41 Å². The molecule has 0 bridgehead atoms. The number of piperidine rings is 2. The number of carbonyl (C=O) groups excluding carboxylic acids is 2. The second-order valence-electron chi connectivity index (χ2n) is 5.79. The van der Waals surface area contributed by atoms with Crippen LogP contribution in [0.4, 0.5) is 5.69 Å². The number of anilines is 1. The van der Waals surface area contributed by atoms with Crippen molar-refractivity contribution in [2.24, 2.45) is 5.41 Å². The Morgan fingerprint density at radius 1 is 1.00 bits per heavy atom. The van der Waals surface area contributed by atoms with Crippen LogP contribution >= 0.6 is 15.9 Å². The van der Waals surface area contributed by atoms with Crippen LogP contribution in [-0.2, 0) is 9.59 Å². The van der Waals surface area contributed by atoms with Gasteiger partial charge in [-0.2, -0.15) is 0 Å². The molecule has 0 aliphatic carbocycles. The standard InChI is InChI=1S/C15H17BrN2O2/c16-11-1-3-12(4-2-11)18-7-5-15(6-8-18)9-13(19)17-14(20)10-15/h1-4H,5-10H2,(H,17,19,20). The lowest BCUT2D eigenvalue weighted by atomic mass is 9.71. The van der Waals surface area contributed by atoms with E-state index >= 15 is 0 Å². The largest absolute Gasteiger partial charge is 0.371 e. The molecule has 106 valence electrons. The lowest BCUT2D eigenvalue weighted by molar-refractivity contribution is -0.138. The number of imide groups is 1. The molecular weight excluding hydrogens is 320 g/mol. The van der Waals surface area contributed by atoms with E-state index in [1.165, 1.54) is 5.69 Å². The SMILES string of the molecule is O=C1CC2(CCN(c3ccc(Br)cc3)CC2)CC(=O)N1. The summed E-state index contributed by atoms with van der Waals surface area (Å²) >= 11 is 3.44. The van der Waals surface area contributed by atoms with Crippen molar-refractivity contribution in [2.45, 2.75) is 25.7 Å². The molecule has 2 saturated heterocycles. The molecule has 4 nitrogen and oxygen atoms in total. The Bertz CT molecular complexity index is 515. The van der Waals surface area contributed by atoms with Crippen LogP contribution in [0.3, 0.4) is 0 Å². The van der Waals surface area contributed by atoms with Crippen molar-refractivity contribution in [2.75, 3.05) is 18.0 Å². The van der Waals surface area contributed by atoms with Crippen molar-refractivity contribution in [3.05, 3.63) is 28.7 Å². The van der Waals surface area contributed by atoms with Crippen LogP contribution in [0.15, 0.2) is 28.7 Å². The predicted molar refractivity (Wildman–Crippen MR) is 80.4 cm³/mol. The maximum Gasteiger partial charge on any atom is 0.227 e. The number of nitrogens with zero attached hydrogens (tertiary/aromatic N) is 1. The molecular formula is C15H17BrN2O2. The molecule has 0 unspecified atom stereocenters. The maximum atomic E-state index is 11.6. The van der Waals surface area contributed by atoms with Crippen LogP contribution in [0.1, 0.15) is 25.7 Å². The molecule has 0 radical (unpaired) electrons. The Morgan fingerprint density at radius 3 is 2.10 bits per heavy atom. The van der Waals surface area contributed by atoms with Gasteiger partial charge in [-0.05, 0) is 42.5 Å². The molecule has 1 spiro atoms.